The summed E-state index contributed by atoms with van der Waals surface area (Å²) in [5, 5.41) is 4.00. The zero-order chi connectivity index (χ0) is 18.2. The minimum absolute atomic E-state index is 0.208. The number of nitrogens with one attached hydrogen (secondary N) is 1. The number of esters is 1. The lowest BCUT2D eigenvalue weighted by atomic mass is 10.3. The summed E-state index contributed by atoms with van der Waals surface area (Å²) in [6, 6.07) is 3.69. The van der Waals surface area contributed by atoms with Crippen LogP contribution in [0.25, 0.3) is 6.08 Å². The molecule has 1 fully saturated rings. The van der Waals surface area contributed by atoms with Gasteiger partial charge < -0.3 is 10.1 Å². The molecule has 7 nitrogen and oxygen atoms in total. The van der Waals surface area contributed by atoms with E-state index in [2.05, 4.69) is 5.32 Å². The Morgan fingerprint density at radius 3 is 2.84 bits per heavy atom. The van der Waals surface area contributed by atoms with Gasteiger partial charge in [-0.05, 0) is 42.6 Å². The van der Waals surface area contributed by atoms with Gasteiger partial charge in [-0.15, -0.1) is 11.3 Å². The average molecular weight is 382 g/mol. The first kappa shape index (κ1) is 19.2. The van der Waals surface area contributed by atoms with Crippen molar-refractivity contribution in [2.24, 2.45) is 0 Å². The highest BCUT2D eigenvalue weighted by Crippen LogP contribution is 2.32. The van der Waals surface area contributed by atoms with E-state index in [-0.39, 0.29) is 25.5 Å². The largest absolute Gasteiger partial charge is 0.466 e. The molecule has 1 aliphatic rings. The van der Waals surface area contributed by atoms with Crippen LogP contribution in [0.3, 0.4) is 0 Å². The topological polar surface area (TPSA) is 92.8 Å². The van der Waals surface area contributed by atoms with Gasteiger partial charge in [0.1, 0.15) is 6.54 Å². The van der Waals surface area contributed by atoms with Gasteiger partial charge in [0, 0.05) is 17.8 Å². The highest BCUT2D eigenvalue weighted by molar-refractivity contribution is 8.18. The summed E-state index contributed by atoms with van der Waals surface area (Å²) in [5.74, 6) is -1.23. The molecule has 1 saturated heterocycles. The van der Waals surface area contributed by atoms with Crippen LogP contribution in [0.4, 0.5) is 4.79 Å². The van der Waals surface area contributed by atoms with Crippen LogP contribution in [0.1, 0.15) is 24.6 Å². The Kier molecular flexibility index (Phi) is 7.20. The predicted molar refractivity (Wildman–Crippen MR) is 95.9 cm³/mol. The zero-order valence-corrected chi connectivity index (χ0v) is 15.3. The van der Waals surface area contributed by atoms with Gasteiger partial charge in [-0.2, -0.15) is 0 Å². The summed E-state index contributed by atoms with van der Waals surface area (Å²) in [6.45, 7) is 2.00. The number of hydrogen-bond acceptors (Lipinski definition) is 7. The molecule has 3 amide bonds. The number of carbonyl (C=O) groups is 4. The van der Waals surface area contributed by atoms with Crippen LogP contribution in [0, 0.1) is 0 Å². The Balaban J connectivity index is 1.79. The van der Waals surface area contributed by atoms with Gasteiger partial charge in [0.05, 0.1) is 11.5 Å². The van der Waals surface area contributed by atoms with E-state index in [4.69, 9.17) is 4.74 Å². The number of amides is 3. The van der Waals surface area contributed by atoms with E-state index in [0.717, 1.165) is 21.5 Å². The second-order valence-corrected chi connectivity index (χ2v) is 7.01. The normalized spacial score (nSPS) is 15.7. The first-order valence-electron chi connectivity index (χ1n) is 7.72. The van der Waals surface area contributed by atoms with Crippen molar-refractivity contribution >= 4 is 52.2 Å². The maximum absolute atomic E-state index is 12.2. The van der Waals surface area contributed by atoms with Gasteiger partial charge in [0.2, 0.25) is 5.91 Å². The van der Waals surface area contributed by atoms with Crippen molar-refractivity contribution < 1.29 is 23.9 Å². The predicted octanol–water partition coefficient (Wildman–Crippen LogP) is 2.24. The Hall–Kier alpha value is -2.13. The van der Waals surface area contributed by atoms with Crippen LogP contribution in [-0.4, -0.2) is 47.6 Å². The molecule has 2 heterocycles. The molecule has 1 N–H and O–H groups in total. The van der Waals surface area contributed by atoms with E-state index in [0.29, 0.717) is 17.9 Å². The Bertz CT molecular complexity index is 685. The zero-order valence-electron chi connectivity index (χ0n) is 13.6. The molecule has 0 atom stereocenters. The molecule has 9 heteroatoms. The van der Waals surface area contributed by atoms with Crippen molar-refractivity contribution in [3.05, 3.63) is 27.3 Å². The van der Waals surface area contributed by atoms with Crippen molar-refractivity contribution in [1.82, 2.24) is 10.2 Å². The minimum Gasteiger partial charge on any atom is -0.466 e. The molecule has 0 radical (unpaired) electrons. The summed E-state index contributed by atoms with van der Waals surface area (Å²) < 4.78 is 4.78. The van der Waals surface area contributed by atoms with E-state index >= 15 is 0 Å². The van der Waals surface area contributed by atoms with Gasteiger partial charge in [0.15, 0.2) is 0 Å². The van der Waals surface area contributed by atoms with Crippen LogP contribution in [0.2, 0.25) is 0 Å². The summed E-state index contributed by atoms with van der Waals surface area (Å²) >= 11 is 2.28. The van der Waals surface area contributed by atoms with Crippen LogP contribution in [-0.2, 0) is 19.1 Å². The highest BCUT2D eigenvalue weighted by Gasteiger charge is 2.36. The summed E-state index contributed by atoms with van der Waals surface area (Å²) in [7, 11) is 0. The maximum Gasteiger partial charge on any atom is 0.305 e. The summed E-state index contributed by atoms with van der Waals surface area (Å²) in [5.41, 5.74) is 0. The quantitative estimate of drug-likeness (QED) is 0.421. The van der Waals surface area contributed by atoms with Crippen LogP contribution in [0.15, 0.2) is 22.4 Å². The molecule has 0 saturated carbocycles. The maximum atomic E-state index is 12.2. The van der Waals surface area contributed by atoms with Crippen molar-refractivity contribution in [1.29, 1.82) is 0 Å². The molecule has 25 heavy (non-hydrogen) atoms. The van der Waals surface area contributed by atoms with E-state index in [1.54, 1.807) is 13.0 Å². The highest BCUT2D eigenvalue weighted by atomic mass is 32.2. The molecular weight excluding hydrogens is 364 g/mol. The number of rotatable bonds is 8. The van der Waals surface area contributed by atoms with E-state index in [9.17, 15) is 19.2 Å². The van der Waals surface area contributed by atoms with Crippen molar-refractivity contribution in [3.8, 4) is 0 Å². The minimum atomic E-state index is -0.468. The molecule has 0 unspecified atom stereocenters. The standard InChI is InChI=1S/C16H18N2O5S2/c1-2-23-14(20)6-3-7-17-13(19)10-18-15(21)12(25-16(18)22)9-11-5-4-8-24-11/h4-5,8-9H,2-3,6-7,10H2,1H3,(H,17,19). The number of thiophene rings is 1. The van der Waals surface area contributed by atoms with E-state index in [1.807, 2.05) is 17.5 Å². The Morgan fingerprint density at radius 1 is 1.36 bits per heavy atom. The molecule has 0 aromatic carbocycles. The number of ether oxygens (including phenoxy) is 1. The van der Waals surface area contributed by atoms with Crippen LogP contribution < -0.4 is 5.32 Å². The monoisotopic (exact) mass is 382 g/mol. The van der Waals surface area contributed by atoms with Crippen molar-refractivity contribution in [3.63, 3.8) is 0 Å². The fraction of sp³-hybridized carbons (Fsp3) is 0.375. The molecule has 0 bridgehead atoms. The second kappa shape index (κ2) is 9.38. The number of hydrogen-bond donors (Lipinski definition) is 1. The molecule has 134 valence electrons. The average Bonchev–Trinajstić information content (AvgIpc) is 3.16. The van der Waals surface area contributed by atoms with Gasteiger partial charge in [-0.1, -0.05) is 6.07 Å². The van der Waals surface area contributed by atoms with Gasteiger partial charge in [0.25, 0.3) is 11.1 Å². The molecule has 1 aromatic rings. The fourth-order valence-electron chi connectivity index (χ4n) is 2.03. The van der Waals surface area contributed by atoms with Gasteiger partial charge in [-0.3, -0.25) is 24.1 Å². The Labute approximate surface area is 153 Å². The van der Waals surface area contributed by atoms with Crippen LogP contribution in [0.5, 0.6) is 0 Å². The first-order valence-corrected chi connectivity index (χ1v) is 9.42. The SMILES string of the molecule is CCOC(=O)CCCNC(=O)CN1C(=O)SC(=Cc2cccs2)C1=O. The second-order valence-electron chi connectivity index (χ2n) is 5.04. The van der Waals surface area contributed by atoms with Crippen molar-refractivity contribution in [2.75, 3.05) is 19.7 Å². The third-order valence-corrected chi connectivity index (χ3v) is 4.90. The molecule has 1 aliphatic heterocycles. The molecule has 2 rings (SSSR count). The van der Waals surface area contributed by atoms with Crippen LogP contribution >= 0.6 is 23.1 Å². The third kappa shape index (κ3) is 5.71. The lowest BCUT2D eigenvalue weighted by Gasteiger charge is -2.12. The van der Waals surface area contributed by atoms with Crippen molar-refractivity contribution in [2.45, 2.75) is 19.8 Å². The fourth-order valence-corrected chi connectivity index (χ4v) is 3.59. The van der Waals surface area contributed by atoms with E-state index < -0.39 is 17.1 Å². The molecule has 0 aliphatic carbocycles. The number of carbonyl (C=O) groups excluding carboxylic acids is 4. The lowest BCUT2D eigenvalue weighted by Crippen LogP contribution is -2.39. The molecule has 0 spiro atoms. The first-order chi connectivity index (χ1) is 12.0. The smallest absolute Gasteiger partial charge is 0.305 e. The number of imide groups is 1. The summed E-state index contributed by atoms with van der Waals surface area (Å²) in [4.78, 5) is 49.3. The number of thioether (sulfide) groups is 1. The van der Waals surface area contributed by atoms with Gasteiger partial charge in [-0.25, -0.2) is 0 Å². The van der Waals surface area contributed by atoms with E-state index in [1.165, 1.54) is 11.3 Å². The molecule has 1 aromatic heterocycles. The van der Waals surface area contributed by atoms with Gasteiger partial charge >= 0.3 is 5.97 Å². The number of nitrogens with zero attached hydrogens (tertiary/aromatic N) is 1. The third-order valence-electron chi connectivity index (χ3n) is 3.18. The summed E-state index contributed by atoms with van der Waals surface area (Å²) in [6.07, 6.45) is 2.29. The Morgan fingerprint density at radius 2 is 2.16 bits per heavy atom. The molecular formula is C16H18N2O5S2. The lowest BCUT2D eigenvalue weighted by molar-refractivity contribution is -0.143.